The van der Waals surface area contributed by atoms with Crippen molar-refractivity contribution in [2.24, 2.45) is 10.9 Å². The minimum absolute atomic E-state index is 0.0171. The summed E-state index contributed by atoms with van der Waals surface area (Å²) >= 11 is 7.76. The fraction of sp³-hybridized carbons (Fsp3) is 0.352. The maximum atomic E-state index is 13.8. The number of halogens is 4. The molecular weight excluding hydrogens is 977 g/mol. The average molecular weight is 1040 g/mol. The summed E-state index contributed by atoms with van der Waals surface area (Å²) in [5.74, 6) is -1.75. The van der Waals surface area contributed by atoms with Crippen LogP contribution in [0.1, 0.15) is 113 Å². The summed E-state index contributed by atoms with van der Waals surface area (Å²) in [6, 6.07) is 24.4. The zero-order chi connectivity index (χ0) is 52.5. The van der Waals surface area contributed by atoms with E-state index in [9.17, 15) is 38.4 Å². The van der Waals surface area contributed by atoms with Crippen LogP contribution in [0.5, 0.6) is 11.5 Å². The fourth-order valence-electron chi connectivity index (χ4n) is 9.47. The molecule has 6 aromatic rings. The summed E-state index contributed by atoms with van der Waals surface area (Å²) in [6.45, 7) is 12.2. The summed E-state index contributed by atoms with van der Waals surface area (Å²) in [7, 11) is 0. The van der Waals surface area contributed by atoms with E-state index in [0.29, 0.717) is 27.9 Å². The molecule has 0 spiro atoms. The molecule has 4 heterocycles. The molecule has 6 N–H and O–H groups in total. The van der Waals surface area contributed by atoms with Gasteiger partial charge in [0.05, 0.1) is 23.7 Å². The van der Waals surface area contributed by atoms with Crippen LogP contribution in [-0.2, 0) is 17.8 Å². The van der Waals surface area contributed by atoms with Crippen LogP contribution in [-0.4, -0.2) is 90.9 Å². The van der Waals surface area contributed by atoms with Crippen LogP contribution in [0.25, 0.3) is 17.1 Å². The normalized spacial score (nSPS) is 16.0. The van der Waals surface area contributed by atoms with Gasteiger partial charge in [0.15, 0.2) is 5.82 Å². The van der Waals surface area contributed by atoms with E-state index in [1.165, 1.54) is 28.0 Å². The third-order valence-electron chi connectivity index (χ3n) is 13.5. The highest BCUT2D eigenvalue weighted by molar-refractivity contribution is 7.17. The average Bonchev–Trinajstić information content (AvgIpc) is 3.87. The lowest BCUT2D eigenvalue weighted by molar-refractivity contribution is -0.123. The number of fused-ring (bicyclic) bond motifs is 1. The first-order valence-electron chi connectivity index (χ1n) is 24.1. The Kier molecular flexibility index (Phi) is 15.6. The number of hydrogen-bond acceptors (Lipinski definition) is 11. The molecule has 2 aliphatic rings. The second-order valence-electron chi connectivity index (χ2n) is 19.2. The third-order valence-corrected chi connectivity index (χ3v) is 14.9. The van der Waals surface area contributed by atoms with E-state index in [1.54, 1.807) is 36.1 Å². The van der Waals surface area contributed by atoms with Gasteiger partial charge in [0, 0.05) is 39.3 Å². The Morgan fingerprint density at radius 2 is 1.63 bits per heavy atom. The number of carbonyl (C=O) groups is 2. The number of aromatic hydroxyl groups is 2. The van der Waals surface area contributed by atoms with Gasteiger partial charge in [-0.15, -0.1) is 21.5 Å². The van der Waals surface area contributed by atoms with Gasteiger partial charge in [0.1, 0.15) is 40.8 Å². The number of amides is 2. The number of amidine groups is 2. The predicted octanol–water partition coefficient (Wildman–Crippen LogP) is 10.8. The number of piperidine rings is 1. The highest BCUT2D eigenvalue weighted by atomic mass is 35.5. The number of alkyl halides is 3. The quantitative estimate of drug-likeness (QED) is 0.0458. The van der Waals surface area contributed by atoms with Crippen molar-refractivity contribution < 1.29 is 33.0 Å². The standard InChI is InChI=1S/C54H58ClF3N10O4S/c1-29(2)41-24-42(45(70)26-44(41)69)50-64-65-51(52(72)61-28-54(56,57)58)68(50)40-16-10-34(11-17-40)22-35-18-20-66(21-19-35)27-36-8-7-9-38(23-36)31(4)62-46(71)25-43-49(60)67(33(6)59)53-47(30(3)32(5)73-53)48(63-43)37-12-14-39(55)15-13-37/h7-17,23-24,26,29,31,35,43,59-60,69-70H,18-22,25,27-28H2,1-6H3,(H,61,72)(H,62,71)/t31?,43-/m0/s1. The van der Waals surface area contributed by atoms with E-state index in [1.807, 2.05) is 76.3 Å². The molecule has 2 atom stereocenters. The Morgan fingerprint density at radius 1 is 0.932 bits per heavy atom. The van der Waals surface area contributed by atoms with Gasteiger partial charge in [0.2, 0.25) is 11.7 Å². The summed E-state index contributed by atoms with van der Waals surface area (Å²) in [6.07, 6.45) is -2.05. The van der Waals surface area contributed by atoms with Crippen molar-refractivity contribution in [1.82, 2.24) is 30.3 Å². The van der Waals surface area contributed by atoms with Crippen LogP contribution in [0, 0.1) is 30.6 Å². The number of nitrogens with one attached hydrogen (secondary N) is 4. The number of likely N-dealkylation sites (tertiary alicyclic amines) is 1. The maximum Gasteiger partial charge on any atom is 0.405 e. The molecule has 0 saturated carbocycles. The van der Waals surface area contributed by atoms with Crippen LogP contribution in [0.2, 0.25) is 5.02 Å². The summed E-state index contributed by atoms with van der Waals surface area (Å²) in [5, 5.41) is 53.8. The van der Waals surface area contributed by atoms with Crippen molar-refractivity contribution in [2.45, 2.75) is 97.9 Å². The minimum Gasteiger partial charge on any atom is -0.508 e. The molecule has 4 aromatic carbocycles. The Bertz CT molecular complexity index is 3090. The molecule has 2 aromatic heterocycles. The first-order valence-corrected chi connectivity index (χ1v) is 25.3. The number of nitrogens with zero attached hydrogens (tertiary/aromatic N) is 6. The summed E-state index contributed by atoms with van der Waals surface area (Å²) in [5.41, 5.74) is 7.47. The van der Waals surface area contributed by atoms with Gasteiger partial charge in [-0.3, -0.25) is 39.8 Å². The van der Waals surface area contributed by atoms with E-state index in [0.717, 1.165) is 82.2 Å². The van der Waals surface area contributed by atoms with Gasteiger partial charge >= 0.3 is 6.18 Å². The third kappa shape index (κ3) is 11.8. The maximum absolute atomic E-state index is 13.8. The van der Waals surface area contributed by atoms with Crippen LogP contribution in [0.15, 0.2) is 89.9 Å². The first-order chi connectivity index (χ1) is 34.6. The number of carbonyl (C=O) groups excluding carboxylic acids is 2. The van der Waals surface area contributed by atoms with E-state index in [2.05, 4.69) is 32.5 Å². The number of hydrogen-bond donors (Lipinski definition) is 6. The molecule has 1 saturated heterocycles. The lowest BCUT2D eigenvalue weighted by Gasteiger charge is -2.32. The van der Waals surface area contributed by atoms with Crippen molar-refractivity contribution in [3.8, 4) is 28.6 Å². The molecule has 382 valence electrons. The van der Waals surface area contributed by atoms with Crippen molar-refractivity contribution in [1.29, 1.82) is 10.8 Å². The van der Waals surface area contributed by atoms with Crippen molar-refractivity contribution >= 4 is 57.1 Å². The summed E-state index contributed by atoms with van der Waals surface area (Å²) < 4.78 is 40.6. The smallest absolute Gasteiger partial charge is 0.405 e. The number of aryl methyl sites for hydroxylation is 1. The zero-order valence-electron chi connectivity index (χ0n) is 41.4. The van der Waals surface area contributed by atoms with Gasteiger partial charge in [-0.1, -0.05) is 74.0 Å². The second-order valence-corrected chi connectivity index (χ2v) is 20.8. The lowest BCUT2D eigenvalue weighted by Crippen LogP contribution is -2.42. The van der Waals surface area contributed by atoms with Crippen LogP contribution >= 0.6 is 22.9 Å². The highest BCUT2D eigenvalue weighted by Crippen LogP contribution is 2.41. The predicted molar refractivity (Wildman–Crippen MR) is 280 cm³/mol. The fourth-order valence-corrected chi connectivity index (χ4v) is 10.8. The molecule has 14 nitrogen and oxygen atoms in total. The van der Waals surface area contributed by atoms with E-state index in [-0.39, 0.29) is 58.8 Å². The zero-order valence-corrected chi connectivity index (χ0v) is 42.9. The largest absolute Gasteiger partial charge is 0.508 e. The number of rotatable bonds is 14. The Morgan fingerprint density at radius 3 is 2.29 bits per heavy atom. The van der Waals surface area contributed by atoms with Gasteiger partial charge in [0.25, 0.3) is 5.91 Å². The number of anilines is 1. The molecule has 0 radical (unpaired) electrons. The van der Waals surface area contributed by atoms with Crippen LogP contribution in [0.3, 0.4) is 0 Å². The number of aliphatic imine (C=N–C) groups is 1. The van der Waals surface area contributed by atoms with Crippen LogP contribution in [0.4, 0.5) is 18.2 Å². The molecule has 2 aliphatic heterocycles. The molecular formula is C54H58ClF3N10O4S. The Balaban J connectivity index is 0.901. The minimum atomic E-state index is -4.65. The molecule has 0 aliphatic carbocycles. The van der Waals surface area contributed by atoms with Gasteiger partial charge in [-0.05, 0) is 130 Å². The number of aromatic nitrogens is 3. The van der Waals surface area contributed by atoms with Crippen molar-refractivity contribution in [2.75, 3.05) is 24.5 Å². The van der Waals surface area contributed by atoms with E-state index >= 15 is 0 Å². The lowest BCUT2D eigenvalue weighted by atomic mass is 9.90. The van der Waals surface area contributed by atoms with Crippen molar-refractivity contribution in [3.63, 3.8) is 0 Å². The van der Waals surface area contributed by atoms with Crippen molar-refractivity contribution in [3.05, 3.63) is 140 Å². The molecule has 2 amide bonds. The molecule has 19 heteroatoms. The van der Waals surface area contributed by atoms with Crippen LogP contribution < -0.4 is 15.5 Å². The molecule has 8 rings (SSSR count). The SMILES string of the molecule is CC(=N)N1C(=N)[C@H](CC(=O)NC(C)c2cccc(CN3CCC(Cc4ccc(-n5c(C(=O)NCC(F)(F)F)nnc5-c5cc(C(C)C)c(O)cc5O)cc4)CC3)c2)N=C(c2ccc(Cl)cc2)c2c1sc(C)c2C. The van der Waals surface area contributed by atoms with Gasteiger partial charge in [-0.25, -0.2) is 0 Å². The topological polar surface area (TPSA) is 196 Å². The second kappa shape index (κ2) is 21.7. The highest BCUT2D eigenvalue weighted by Gasteiger charge is 2.36. The summed E-state index contributed by atoms with van der Waals surface area (Å²) in [4.78, 5) is 37.1. The Hall–Kier alpha value is -6.89. The van der Waals surface area contributed by atoms with E-state index in [4.69, 9.17) is 22.0 Å². The number of thiophene rings is 1. The number of benzene rings is 4. The van der Waals surface area contributed by atoms with E-state index < -0.39 is 30.5 Å². The number of phenols is 2. The van der Waals surface area contributed by atoms with Gasteiger partial charge < -0.3 is 20.8 Å². The number of phenolic OH excluding ortho intramolecular Hbond substituents is 2. The first kappa shape index (κ1) is 52.4. The molecule has 1 unspecified atom stereocenters. The molecule has 73 heavy (non-hydrogen) atoms. The monoisotopic (exact) mass is 1030 g/mol. The molecule has 1 fully saturated rings. The Labute approximate surface area is 431 Å². The van der Waals surface area contributed by atoms with Gasteiger partial charge in [-0.2, -0.15) is 13.2 Å². The molecule has 0 bridgehead atoms.